The van der Waals surface area contributed by atoms with Crippen molar-refractivity contribution in [2.75, 3.05) is 13.9 Å². The molecule has 0 unspecified atom stereocenters. The van der Waals surface area contributed by atoms with Crippen LogP contribution in [0, 0.1) is 25.2 Å². The highest BCUT2D eigenvalue weighted by atomic mass is 16.7. The summed E-state index contributed by atoms with van der Waals surface area (Å²) < 4.78 is 10.2. The lowest BCUT2D eigenvalue weighted by molar-refractivity contribution is 0.0501. The van der Waals surface area contributed by atoms with Crippen LogP contribution in [0.4, 0.5) is 0 Å². The zero-order valence-corrected chi connectivity index (χ0v) is 8.63. The Kier molecular flexibility index (Phi) is 3.49. The molecular formula is C11H13NO2. The Morgan fingerprint density at radius 1 is 1.29 bits per heavy atom. The van der Waals surface area contributed by atoms with E-state index in [4.69, 9.17) is 14.7 Å². The first-order chi connectivity index (χ1) is 6.69. The number of aryl methyl sites for hydroxylation is 2. The third-order valence-electron chi connectivity index (χ3n) is 1.91. The minimum atomic E-state index is 0.230. The van der Waals surface area contributed by atoms with E-state index in [-0.39, 0.29) is 6.79 Å². The molecule has 0 aliphatic carbocycles. The largest absolute Gasteiger partial charge is 0.467 e. The van der Waals surface area contributed by atoms with Gasteiger partial charge in [-0.15, -0.1) is 0 Å². The van der Waals surface area contributed by atoms with Crippen molar-refractivity contribution in [1.82, 2.24) is 0 Å². The van der Waals surface area contributed by atoms with Crippen LogP contribution < -0.4 is 4.74 Å². The maximum absolute atomic E-state index is 8.74. The topological polar surface area (TPSA) is 42.2 Å². The third kappa shape index (κ3) is 2.24. The summed E-state index contributed by atoms with van der Waals surface area (Å²) in [6, 6.07) is 5.71. The number of nitriles is 1. The molecule has 0 bridgehead atoms. The lowest BCUT2D eigenvalue weighted by Gasteiger charge is -2.11. The van der Waals surface area contributed by atoms with Gasteiger partial charge in [0.1, 0.15) is 5.75 Å². The molecule has 0 saturated heterocycles. The third-order valence-corrected chi connectivity index (χ3v) is 1.91. The molecule has 0 fully saturated rings. The summed E-state index contributed by atoms with van der Waals surface area (Å²) >= 11 is 0. The maximum Gasteiger partial charge on any atom is 0.188 e. The van der Waals surface area contributed by atoms with Crippen LogP contribution in [0.2, 0.25) is 0 Å². The fraction of sp³-hybridized carbons (Fsp3) is 0.364. The maximum atomic E-state index is 8.74. The van der Waals surface area contributed by atoms with Crippen LogP contribution in [0.25, 0.3) is 0 Å². The smallest absolute Gasteiger partial charge is 0.188 e. The van der Waals surface area contributed by atoms with Gasteiger partial charge in [0.25, 0.3) is 0 Å². The monoisotopic (exact) mass is 191 g/mol. The summed E-state index contributed by atoms with van der Waals surface area (Å²) in [4.78, 5) is 0. The Labute approximate surface area is 83.9 Å². The molecule has 14 heavy (non-hydrogen) atoms. The molecule has 1 aromatic rings. The van der Waals surface area contributed by atoms with Gasteiger partial charge in [0.2, 0.25) is 0 Å². The van der Waals surface area contributed by atoms with Crippen molar-refractivity contribution in [3.8, 4) is 11.8 Å². The molecule has 1 rings (SSSR count). The Bertz CT molecular complexity index is 343. The second kappa shape index (κ2) is 4.64. The molecule has 0 heterocycles. The number of hydrogen-bond donors (Lipinski definition) is 0. The Morgan fingerprint density at radius 2 is 1.86 bits per heavy atom. The summed E-state index contributed by atoms with van der Waals surface area (Å²) in [5.41, 5.74) is 2.57. The van der Waals surface area contributed by atoms with E-state index in [1.807, 2.05) is 13.8 Å². The van der Waals surface area contributed by atoms with Gasteiger partial charge in [-0.1, -0.05) is 0 Å². The average molecular weight is 191 g/mol. The number of nitrogens with zero attached hydrogens (tertiary/aromatic N) is 1. The molecule has 0 saturated carbocycles. The summed E-state index contributed by atoms with van der Waals surface area (Å²) in [5.74, 6) is 0.797. The standard InChI is InChI=1S/C11H13NO2/c1-8-4-10(6-12)5-9(2)11(8)14-7-13-3/h4-5H,7H2,1-3H3. The van der Waals surface area contributed by atoms with Crippen LogP contribution in [0.1, 0.15) is 16.7 Å². The van der Waals surface area contributed by atoms with Crippen molar-refractivity contribution in [3.63, 3.8) is 0 Å². The van der Waals surface area contributed by atoms with Gasteiger partial charge in [0.05, 0.1) is 11.6 Å². The molecule has 74 valence electrons. The lowest BCUT2D eigenvalue weighted by Crippen LogP contribution is -2.02. The zero-order chi connectivity index (χ0) is 10.6. The molecule has 0 aliphatic heterocycles. The van der Waals surface area contributed by atoms with Crippen molar-refractivity contribution >= 4 is 0 Å². The zero-order valence-electron chi connectivity index (χ0n) is 8.63. The molecule has 0 radical (unpaired) electrons. The molecule has 0 aliphatic rings. The van der Waals surface area contributed by atoms with Crippen LogP contribution in [0.15, 0.2) is 12.1 Å². The number of benzene rings is 1. The highest BCUT2D eigenvalue weighted by Gasteiger charge is 2.05. The van der Waals surface area contributed by atoms with E-state index in [0.717, 1.165) is 16.9 Å². The van der Waals surface area contributed by atoms with Gasteiger partial charge in [0.15, 0.2) is 6.79 Å². The van der Waals surface area contributed by atoms with Gasteiger partial charge in [0, 0.05) is 7.11 Å². The van der Waals surface area contributed by atoms with Gasteiger partial charge >= 0.3 is 0 Å². The van der Waals surface area contributed by atoms with Crippen molar-refractivity contribution in [2.24, 2.45) is 0 Å². The quantitative estimate of drug-likeness (QED) is 0.687. The second-order valence-corrected chi connectivity index (χ2v) is 3.10. The van der Waals surface area contributed by atoms with E-state index in [1.54, 1.807) is 19.2 Å². The number of methoxy groups -OCH3 is 1. The van der Waals surface area contributed by atoms with Crippen LogP contribution >= 0.6 is 0 Å². The Hall–Kier alpha value is -1.53. The van der Waals surface area contributed by atoms with E-state index in [0.29, 0.717) is 5.56 Å². The summed E-state index contributed by atoms with van der Waals surface area (Å²) in [7, 11) is 1.58. The van der Waals surface area contributed by atoms with E-state index < -0.39 is 0 Å². The molecule has 0 N–H and O–H groups in total. The average Bonchev–Trinajstić information content (AvgIpc) is 2.16. The SMILES string of the molecule is COCOc1c(C)cc(C#N)cc1C. The first-order valence-corrected chi connectivity index (χ1v) is 4.32. The van der Waals surface area contributed by atoms with Gasteiger partial charge in [-0.3, -0.25) is 0 Å². The van der Waals surface area contributed by atoms with Crippen LogP contribution in [-0.4, -0.2) is 13.9 Å². The van der Waals surface area contributed by atoms with Crippen molar-refractivity contribution < 1.29 is 9.47 Å². The molecule has 0 spiro atoms. The van der Waals surface area contributed by atoms with Gasteiger partial charge in [-0.05, 0) is 37.1 Å². The highest BCUT2D eigenvalue weighted by Crippen LogP contribution is 2.24. The van der Waals surface area contributed by atoms with Crippen LogP contribution in [0.5, 0.6) is 5.75 Å². The second-order valence-electron chi connectivity index (χ2n) is 3.10. The minimum absolute atomic E-state index is 0.230. The molecule has 0 amide bonds. The number of ether oxygens (including phenoxy) is 2. The van der Waals surface area contributed by atoms with E-state index in [2.05, 4.69) is 6.07 Å². The fourth-order valence-electron chi connectivity index (χ4n) is 1.36. The van der Waals surface area contributed by atoms with Crippen molar-refractivity contribution in [2.45, 2.75) is 13.8 Å². The highest BCUT2D eigenvalue weighted by molar-refractivity contribution is 5.46. The molecular weight excluding hydrogens is 178 g/mol. The van der Waals surface area contributed by atoms with Gasteiger partial charge in [-0.2, -0.15) is 5.26 Å². The Morgan fingerprint density at radius 3 is 2.29 bits per heavy atom. The number of hydrogen-bond acceptors (Lipinski definition) is 3. The minimum Gasteiger partial charge on any atom is -0.467 e. The van der Waals surface area contributed by atoms with E-state index in [9.17, 15) is 0 Å². The predicted octanol–water partition coefficient (Wildman–Crippen LogP) is 2.16. The molecule has 0 atom stereocenters. The van der Waals surface area contributed by atoms with Crippen molar-refractivity contribution in [1.29, 1.82) is 5.26 Å². The van der Waals surface area contributed by atoms with Gasteiger partial charge in [-0.25, -0.2) is 0 Å². The summed E-state index contributed by atoms with van der Waals surface area (Å²) in [6.07, 6.45) is 0. The Balaban J connectivity index is 3.01. The lowest BCUT2D eigenvalue weighted by atomic mass is 10.1. The number of rotatable bonds is 3. The predicted molar refractivity (Wildman–Crippen MR) is 53.1 cm³/mol. The van der Waals surface area contributed by atoms with Crippen molar-refractivity contribution in [3.05, 3.63) is 28.8 Å². The normalized spacial score (nSPS) is 9.57. The van der Waals surface area contributed by atoms with E-state index in [1.165, 1.54) is 0 Å². The summed E-state index contributed by atoms with van der Waals surface area (Å²) in [5, 5.41) is 8.74. The van der Waals surface area contributed by atoms with Crippen LogP contribution in [-0.2, 0) is 4.74 Å². The molecule has 3 nitrogen and oxygen atoms in total. The molecule has 3 heteroatoms. The fourth-order valence-corrected chi connectivity index (χ4v) is 1.36. The van der Waals surface area contributed by atoms with Gasteiger partial charge < -0.3 is 9.47 Å². The van der Waals surface area contributed by atoms with E-state index >= 15 is 0 Å². The first kappa shape index (κ1) is 10.6. The van der Waals surface area contributed by atoms with Crippen LogP contribution in [0.3, 0.4) is 0 Å². The molecule has 1 aromatic carbocycles. The first-order valence-electron chi connectivity index (χ1n) is 4.32. The molecule has 0 aromatic heterocycles. The summed E-state index contributed by atoms with van der Waals surface area (Å²) in [6.45, 7) is 4.06.